The largest absolute Gasteiger partial charge is 0.397 e. The van der Waals surface area contributed by atoms with E-state index >= 15 is 0 Å². The molecule has 0 aromatic rings. The highest BCUT2D eigenvalue weighted by Gasteiger charge is 2.61. The van der Waals surface area contributed by atoms with Gasteiger partial charge in [-0.2, -0.15) is 93.6 Å². The van der Waals surface area contributed by atoms with Crippen molar-refractivity contribution in [2.24, 2.45) is 0 Å². The number of carbonyl (C=O) groups is 1. The predicted octanol–water partition coefficient (Wildman–Crippen LogP) is -9.15. The van der Waals surface area contributed by atoms with Crippen LogP contribution in [0.4, 0.5) is 0 Å². The Labute approximate surface area is 436 Å². The number of carbonyl (C=O) groups excluding carboxylic acids is 1. The van der Waals surface area contributed by atoms with E-state index in [2.05, 4.69) is 45.2 Å². The zero-order valence-corrected chi connectivity index (χ0v) is 45.2. The summed E-state index contributed by atoms with van der Waals surface area (Å²) < 4.78 is 394. The van der Waals surface area contributed by atoms with E-state index in [0.29, 0.717) is 0 Å². The molecule has 3 fully saturated rings. The Balaban J connectivity index is 2.56. The monoisotopic (exact) mass is 1390 g/mol. The zero-order chi connectivity index (χ0) is 59.0. The van der Waals surface area contributed by atoms with Crippen LogP contribution >= 0.6 is 15.9 Å². The maximum Gasteiger partial charge on any atom is 0.397 e. The second-order valence-electron chi connectivity index (χ2n) is 14.5. The molecule has 56 heteroatoms. The van der Waals surface area contributed by atoms with Gasteiger partial charge in [-0.1, -0.05) is 15.9 Å². The Morgan fingerprint density at radius 3 is 1.26 bits per heavy atom. The van der Waals surface area contributed by atoms with Gasteiger partial charge in [-0.15, -0.1) is 0 Å². The number of halogens is 1. The number of hydrogen-bond acceptors (Lipinski definition) is 32. The molecule has 0 bridgehead atoms. The Morgan fingerprint density at radius 1 is 0.461 bits per heavy atom. The summed E-state index contributed by atoms with van der Waals surface area (Å²) in [6.07, 6.45) is -41.7. The van der Waals surface area contributed by atoms with E-state index in [4.69, 9.17) is 18.9 Å². The standard InChI is InChI=1S/C20H36BrN3O42S10/c21-2-9(25)22-3-6-13(62-72(41,42)43)17(65-75(50,51)52)18(66-76(53,54)55)20(57-6)60-14-8(67(26,27)28)1-5(23-68(29,30)31)11(16(14)64-74(47,48)49)59-19-15(63-73(44,45)46)10(24-69(32,33)34)12(61-71(38,39)40)7(58-19)4-56-70(35,36)37/h5-8,10-20,23-24H,1-4H2,(H,22,25)(H,26,27,28)(H,29,30,31)(H,32,33,34)(H,35,36,37)(H,38,39,40)(H,41,42,43)(H,44,45,46)(H,47,48,49)(H,50,51,52)(H,53,54,55)/t5-,6?,7?,8?,10-,11-,12-,13-,14-,15?,16?,17?,18+,19-,20-/m1/s1. The van der Waals surface area contributed by atoms with E-state index in [0.717, 1.165) is 9.44 Å². The fourth-order valence-corrected chi connectivity index (χ4v) is 12.7. The Bertz CT molecular complexity index is 3270. The molecule has 2 aliphatic heterocycles. The lowest BCUT2D eigenvalue weighted by molar-refractivity contribution is -0.320. The first-order valence-electron chi connectivity index (χ1n) is 18.2. The van der Waals surface area contributed by atoms with E-state index in [1.807, 2.05) is 5.32 Å². The SMILES string of the molecule is O=C(CBr)NCC1O[C@H](O[C@H]2C(OS(=O)(=O)O)[C@H](O[C@H]3OC(COS(=O)(=O)O)[C@@H](OS(=O)(=O)O)[C@@H](NS(=O)(=O)O)C3OS(=O)(=O)O)[C@H](NS(=O)(=O)O)CC2S(=O)(=O)O)[C@@H](OS(=O)(=O)O)C(OS(=O)(=O)O)[C@@H]1OS(=O)(=O)O. The zero-order valence-electron chi connectivity index (χ0n) is 35.5. The van der Waals surface area contributed by atoms with Crippen LogP contribution in [0, 0.1) is 0 Å². The highest BCUT2D eigenvalue weighted by atomic mass is 79.9. The molecule has 1 aliphatic carbocycles. The summed E-state index contributed by atoms with van der Waals surface area (Å²) in [6, 6.07) is -6.32. The Morgan fingerprint density at radius 2 is 0.842 bits per heavy atom. The van der Waals surface area contributed by atoms with Crippen molar-refractivity contribution in [1.82, 2.24) is 14.8 Å². The second-order valence-corrected chi connectivity index (χ2v) is 26.4. The van der Waals surface area contributed by atoms with Gasteiger partial charge < -0.3 is 24.3 Å². The first kappa shape index (κ1) is 68.8. The fourth-order valence-electron chi connectivity index (χ4n) is 6.93. The molecule has 76 heavy (non-hydrogen) atoms. The molecule has 1 saturated carbocycles. The smallest absolute Gasteiger partial charge is 0.353 e. The Hall–Kier alpha value is -1.47. The van der Waals surface area contributed by atoms with Crippen molar-refractivity contribution >= 4 is 125 Å². The van der Waals surface area contributed by atoms with E-state index in [1.165, 1.54) is 0 Å². The summed E-state index contributed by atoms with van der Waals surface area (Å²) >= 11 is 2.65. The van der Waals surface area contributed by atoms with Crippen LogP contribution in [0.5, 0.6) is 0 Å². The third kappa shape index (κ3) is 23.6. The molecule has 1 amide bonds. The molecule has 3 rings (SSSR count). The minimum absolute atomic E-state index is 0.689. The van der Waals surface area contributed by atoms with Gasteiger partial charge in [0.05, 0.1) is 24.0 Å². The van der Waals surface area contributed by atoms with Crippen molar-refractivity contribution in [2.75, 3.05) is 18.5 Å². The van der Waals surface area contributed by atoms with Gasteiger partial charge in [0.25, 0.3) is 10.1 Å². The summed E-state index contributed by atoms with van der Waals surface area (Å²) in [4.78, 5) is 12.2. The Kier molecular flexibility index (Phi) is 22.6. The van der Waals surface area contributed by atoms with Crippen molar-refractivity contribution in [3.8, 4) is 0 Å². The van der Waals surface area contributed by atoms with Crippen LogP contribution in [0.15, 0.2) is 0 Å². The average Bonchev–Trinajstić information content (AvgIpc) is 3.15. The van der Waals surface area contributed by atoms with E-state index in [-0.39, 0.29) is 0 Å². The van der Waals surface area contributed by atoms with Gasteiger partial charge in [0, 0.05) is 6.54 Å². The molecule has 0 aromatic carbocycles. The number of hydrogen-bond donors (Lipinski definition) is 13. The second kappa shape index (κ2) is 24.9. The average molecular weight is 1390 g/mol. The molecule has 13 N–H and O–H groups in total. The molecule has 0 aromatic heterocycles. The first-order valence-corrected chi connectivity index (χ1v) is 33.3. The van der Waals surface area contributed by atoms with Crippen LogP contribution in [0.1, 0.15) is 6.42 Å². The van der Waals surface area contributed by atoms with E-state index in [1.54, 1.807) is 0 Å². The van der Waals surface area contributed by atoms with Gasteiger partial charge in [-0.05, 0) is 6.42 Å². The number of nitrogens with one attached hydrogen (secondary N) is 3. The van der Waals surface area contributed by atoms with Crippen LogP contribution in [-0.4, -0.2) is 245 Å². The minimum Gasteiger partial charge on any atom is -0.353 e. The maximum atomic E-state index is 13.2. The number of ether oxygens (including phenoxy) is 4. The molecular weight excluding hydrogens is 1350 g/mol. The topological polar surface area (TPSA) is 698 Å². The summed E-state index contributed by atoms with van der Waals surface area (Å²) in [5.41, 5.74) is 0. The molecule has 450 valence electrons. The number of amides is 1. The highest BCUT2D eigenvalue weighted by Crippen LogP contribution is 2.40. The lowest BCUT2D eigenvalue weighted by Gasteiger charge is -2.50. The van der Waals surface area contributed by atoms with E-state index < -0.39 is 225 Å². The third-order valence-corrected chi connectivity index (χ3v) is 15.2. The minimum atomic E-state index is -6.54. The van der Waals surface area contributed by atoms with Gasteiger partial charge in [0.1, 0.15) is 60.2 Å². The van der Waals surface area contributed by atoms with Crippen molar-refractivity contribution in [2.45, 2.75) is 97.4 Å². The molecule has 2 saturated heterocycles. The van der Waals surface area contributed by atoms with Gasteiger partial charge in [-0.25, -0.2) is 29.3 Å². The summed E-state index contributed by atoms with van der Waals surface area (Å²) in [5.74, 6) is -1.16. The highest BCUT2D eigenvalue weighted by molar-refractivity contribution is 9.09. The first-order chi connectivity index (χ1) is 33.7. The quantitative estimate of drug-likeness (QED) is 0.0268. The normalized spacial score (nSPS) is 32.1. The third-order valence-electron chi connectivity index (χ3n) is 9.09. The molecule has 2 heterocycles. The van der Waals surface area contributed by atoms with Gasteiger partial charge in [-0.3, -0.25) is 50.3 Å². The fraction of sp³-hybridized carbons (Fsp3) is 0.950. The summed E-state index contributed by atoms with van der Waals surface area (Å²) in [6.45, 7) is -3.39. The molecule has 0 spiro atoms. The van der Waals surface area contributed by atoms with E-state index in [9.17, 15) is 135 Å². The van der Waals surface area contributed by atoms with Crippen LogP contribution in [0.3, 0.4) is 0 Å². The van der Waals surface area contributed by atoms with Crippen molar-refractivity contribution in [3.05, 3.63) is 0 Å². The predicted molar refractivity (Wildman–Crippen MR) is 227 cm³/mol. The summed E-state index contributed by atoms with van der Waals surface area (Å²) in [5, 5.41) is -2.13. The molecule has 0 radical (unpaired) electrons. The number of rotatable bonds is 27. The van der Waals surface area contributed by atoms with Crippen molar-refractivity contribution < 1.29 is 183 Å². The lowest BCUT2D eigenvalue weighted by Crippen LogP contribution is -2.71. The van der Waals surface area contributed by atoms with Crippen LogP contribution < -0.4 is 14.8 Å². The van der Waals surface area contributed by atoms with Crippen LogP contribution in [0.25, 0.3) is 0 Å². The van der Waals surface area contributed by atoms with Gasteiger partial charge in [0.2, 0.25) is 5.91 Å². The summed E-state index contributed by atoms with van der Waals surface area (Å²) in [7, 11) is -62.0. The molecule has 45 nitrogen and oxygen atoms in total. The molecule has 15 atom stereocenters. The van der Waals surface area contributed by atoms with Crippen LogP contribution in [-0.2, 0) is 157 Å². The van der Waals surface area contributed by atoms with Crippen molar-refractivity contribution in [3.63, 3.8) is 0 Å². The molecule has 6 unspecified atom stereocenters. The van der Waals surface area contributed by atoms with Gasteiger partial charge in [0.15, 0.2) is 18.7 Å². The lowest BCUT2D eigenvalue weighted by atomic mass is 9.87. The van der Waals surface area contributed by atoms with Gasteiger partial charge >= 0.3 is 93.4 Å². The molecular formula is C20H36BrN3O42S10. The maximum absolute atomic E-state index is 13.2. The van der Waals surface area contributed by atoms with Crippen molar-refractivity contribution in [1.29, 1.82) is 0 Å². The van der Waals surface area contributed by atoms with Crippen LogP contribution in [0.2, 0.25) is 0 Å². The number of alkyl halides is 1. The molecule has 3 aliphatic rings.